The van der Waals surface area contributed by atoms with Crippen LogP contribution in [0.15, 0.2) is 11.6 Å². The Balaban J connectivity index is 1.74. The van der Waals surface area contributed by atoms with Crippen molar-refractivity contribution in [2.24, 2.45) is 5.92 Å². The highest BCUT2D eigenvalue weighted by Gasteiger charge is 2.34. The Hall–Kier alpha value is -1.32. The van der Waals surface area contributed by atoms with Gasteiger partial charge in [-0.05, 0) is 39.5 Å². The lowest BCUT2D eigenvalue weighted by molar-refractivity contribution is -0.133. The SMILES string of the molecule is CC(C)=CC(=O)NC1CCN(C(=O)C2CC2)CC1. The molecule has 2 rings (SSSR count). The van der Waals surface area contributed by atoms with Crippen molar-refractivity contribution in [2.45, 2.75) is 45.6 Å². The maximum absolute atomic E-state index is 11.9. The smallest absolute Gasteiger partial charge is 0.244 e. The lowest BCUT2D eigenvalue weighted by Crippen LogP contribution is -2.46. The van der Waals surface area contributed by atoms with E-state index in [2.05, 4.69) is 5.32 Å². The van der Waals surface area contributed by atoms with Gasteiger partial charge in [0.15, 0.2) is 0 Å². The summed E-state index contributed by atoms with van der Waals surface area (Å²) in [5, 5.41) is 3.00. The summed E-state index contributed by atoms with van der Waals surface area (Å²) >= 11 is 0. The Morgan fingerprint density at radius 2 is 1.72 bits per heavy atom. The molecule has 18 heavy (non-hydrogen) atoms. The molecule has 1 N–H and O–H groups in total. The molecule has 1 aliphatic carbocycles. The number of hydrogen-bond donors (Lipinski definition) is 1. The van der Waals surface area contributed by atoms with E-state index in [9.17, 15) is 9.59 Å². The van der Waals surface area contributed by atoms with E-state index in [1.807, 2.05) is 18.7 Å². The highest BCUT2D eigenvalue weighted by atomic mass is 16.2. The Bertz CT molecular complexity index is 360. The van der Waals surface area contributed by atoms with Gasteiger partial charge in [-0.3, -0.25) is 9.59 Å². The molecule has 0 atom stereocenters. The molecular weight excluding hydrogens is 228 g/mol. The number of hydrogen-bond acceptors (Lipinski definition) is 2. The zero-order chi connectivity index (χ0) is 13.1. The number of likely N-dealkylation sites (tertiary alicyclic amines) is 1. The van der Waals surface area contributed by atoms with Gasteiger partial charge in [0.2, 0.25) is 11.8 Å². The second kappa shape index (κ2) is 5.55. The summed E-state index contributed by atoms with van der Waals surface area (Å²) in [4.78, 5) is 25.4. The van der Waals surface area contributed by atoms with Crippen molar-refractivity contribution in [3.05, 3.63) is 11.6 Å². The van der Waals surface area contributed by atoms with Gasteiger partial charge in [-0.2, -0.15) is 0 Å². The molecule has 100 valence electrons. The highest BCUT2D eigenvalue weighted by molar-refractivity contribution is 5.88. The molecule has 0 bridgehead atoms. The fourth-order valence-corrected chi connectivity index (χ4v) is 2.34. The lowest BCUT2D eigenvalue weighted by Gasteiger charge is -2.32. The van der Waals surface area contributed by atoms with Crippen LogP contribution in [-0.2, 0) is 9.59 Å². The number of piperidine rings is 1. The summed E-state index contributed by atoms with van der Waals surface area (Å²) in [6.07, 6.45) is 5.51. The van der Waals surface area contributed by atoms with E-state index in [1.54, 1.807) is 6.08 Å². The van der Waals surface area contributed by atoms with Crippen molar-refractivity contribution in [1.29, 1.82) is 0 Å². The fourth-order valence-electron chi connectivity index (χ4n) is 2.34. The van der Waals surface area contributed by atoms with Crippen molar-refractivity contribution in [3.63, 3.8) is 0 Å². The first-order valence-electron chi connectivity index (χ1n) is 6.80. The number of nitrogens with one attached hydrogen (secondary N) is 1. The second-order valence-corrected chi connectivity index (χ2v) is 5.60. The van der Waals surface area contributed by atoms with Gasteiger partial charge in [0.1, 0.15) is 0 Å². The average molecular weight is 250 g/mol. The van der Waals surface area contributed by atoms with Gasteiger partial charge in [0.25, 0.3) is 0 Å². The first-order chi connectivity index (χ1) is 8.56. The Morgan fingerprint density at radius 1 is 1.11 bits per heavy atom. The van der Waals surface area contributed by atoms with Crippen LogP contribution in [0.25, 0.3) is 0 Å². The Labute approximate surface area is 108 Å². The van der Waals surface area contributed by atoms with Crippen molar-refractivity contribution in [3.8, 4) is 0 Å². The number of rotatable bonds is 3. The summed E-state index contributed by atoms with van der Waals surface area (Å²) in [6.45, 7) is 5.40. The monoisotopic (exact) mass is 250 g/mol. The van der Waals surface area contributed by atoms with Gasteiger partial charge in [0, 0.05) is 31.1 Å². The van der Waals surface area contributed by atoms with E-state index in [-0.39, 0.29) is 11.9 Å². The van der Waals surface area contributed by atoms with E-state index in [0.717, 1.165) is 44.3 Å². The van der Waals surface area contributed by atoms with Gasteiger partial charge in [0.05, 0.1) is 0 Å². The Kier molecular flexibility index (Phi) is 4.04. The van der Waals surface area contributed by atoms with E-state index in [4.69, 9.17) is 0 Å². The number of nitrogens with zero attached hydrogens (tertiary/aromatic N) is 1. The second-order valence-electron chi connectivity index (χ2n) is 5.60. The third kappa shape index (κ3) is 3.59. The van der Waals surface area contributed by atoms with E-state index < -0.39 is 0 Å². The lowest BCUT2D eigenvalue weighted by atomic mass is 10.0. The van der Waals surface area contributed by atoms with Crippen molar-refractivity contribution < 1.29 is 9.59 Å². The molecule has 2 fully saturated rings. The van der Waals surface area contributed by atoms with Crippen LogP contribution in [-0.4, -0.2) is 35.8 Å². The van der Waals surface area contributed by atoms with E-state index in [1.165, 1.54) is 0 Å². The number of amides is 2. The van der Waals surface area contributed by atoms with Crippen molar-refractivity contribution in [1.82, 2.24) is 10.2 Å². The van der Waals surface area contributed by atoms with E-state index in [0.29, 0.717) is 11.8 Å². The van der Waals surface area contributed by atoms with Crippen LogP contribution in [0.3, 0.4) is 0 Å². The summed E-state index contributed by atoms with van der Waals surface area (Å²) in [5.74, 6) is 0.618. The molecule has 0 aromatic rings. The summed E-state index contributed by atoms with van der Waals surface area (Å²) in [7, 11) is 0. The number of carbonyl (C=O) groups excluding carboxylic acids is 2. The van der Waals surface area contributed by atoms with Crippen LogP contribution in [0.2, 0.25) is 0 Å². The maximum atomic E-state index is 11.9. The molecule has 0 radical (unpaired) electrons. The largest absolute Gasteiger partial charge is 0.350 e. The fraction of sp³-hybridized carbons (Fsp3) is 0.714. The summed E-state index contributed by atoms with van der Waals surface area (Å²) < 4.78 is 0. The molecule has 1 saturated carbocycles. The quantitative estimate of drug-likeness (QED) is 0.771. The first kappa shape index (κ1) is 13.1. The van der Waals surface area contributed by atoms with Crippen LogP contribution in [0.4, 0.5) is 0 Å². The predicted molar refractivity (Wildman–Crippen MR) is 69.9 cm³/mol. The molecule has 1 aliphatic heterocycles. The topological polar surface area (TPSA) is 49.4 Å². The summed E-state index contributed by atoms with van der Waals surface area (Å²) in [5.41, 5.74) is 1.01. The maximum Gasteiger partial charge on any atom is 0.244 e. The molecule has 0 aromatic heterocycles. The van der Waals surface area contributed by atoms with Gasteiger partial charge in [-0.25, -0.2) is 0 Å². The third-order valence-corrected chi connectivity index (χ3v) is 3.50. The molecule has 1 saturated heterocycles. The summed E-state index contributed by atoms with van der Waals surface area (Å²) in [6, 6.07) is 0.219. The van der Waals surface area contributed by atoms with Crippen LogP contribution in [0, 0.1) is 5.92 Å². The van der Waals surface area contributed by atoms with Crippen LogP contribution in [0.5, 0.6) is 0 Å². The third-order valence-electron chi connectivity index (χ3n) is 3.50. The zero-order valence-corrected chi connectivity index (χ0v) is 11.2. The first-order valence-corrected chi connectivity index (χ1v) is 6.80. The van der Waals surface area contributed by atoms with Gasteiger partial charge < -0.3 is 10.2 Å². The van der Waals surface area contributed by atoms with Crippen molar-refractivity contribution >= 4 is 11.8 Å². The van der Waals surface area contributed by atoms with Crippen molar-refractivity contribution in [2.75, 3.05) is 13.1 Å². The van der Waals surface area contributed by atoms with Crippen LogP contribution >= 0.6 is 0 Å². The minimum atomic E-state index is -0.0121. The van der Waals surface area contributed by atoms with Gasteiger partial charge in [-0.15, -0.1) is 0 Å². The predicted octanol–water partition coefficient (Wildman–Crippen LogP) is 1.47. The minimum Gasteiger partial charge on any atom is -0.350 e. The minimum absolute atomic E-state index is 0.0121. The van der Waals surface area contributed by atoms with E-state index >= 15 is 0 Å². The normalized spacial score (nSPS) is 20.4. The van der Waals surface area contributed by atoms with Crippen LogP contribution in [0.1, 0.15) is 39.5 Å². The number of allylic oxidation sites excluding steroid dienone is 1. The molecule has 2 amide bonds. The molecule has 4 nitrogen and oxygen atoms in total. The molecule has 1 heterocycles. The Morgan fingerprint density at radius 3 is 2.22 bits per heavy atom. The number of carbonyl (C=O) groups is 2. The molecule has 4 heteroatoms. The highest BCUT2D eigenvalue weighted by Crippen LogP contribution is 2.31. The standard InChI is InChI=1S/C14H22N2O2/c1-10(2)9-13(17)15-12-5-7-16(8-6-12)14(18)11-3-4-11/h9,11-12H,3-8H2,1-2H3,(H,15,17). The molecule has 0 aromatic carbocycles. The van der Waals surface area contributed by atoms with Gasteiger partial charge in [-0.1, -0.05) is 5.57 Å². The van der Waals surface area contributed by atoms with Crippen LogP contribution < -0.4 is 5.32 Å². The zero-order valence-electron chi connectivity index (χ0n) is 11.2. The molecule has 0 spiro atoms. The molecule has 2 aliphatic rings. The van der Waals surface area contributed by atoms with Gasteiger partial charge >= 0.3 is 0 Å². The molecular formula is C14H22N2O2. The average Bonchev–Trinajstić information content (AvgIpc) is 3.11. The molecule has 0 unspecified atom stereocenters.